The standard InChI is InChI=1S/C24H27N3O3/c1-18-8-10-19(11-9-18)12-13-26(16-21-6-4-14-30-21)23(28)17-27-24(29)22-7-3-2-5-20(22)15-25-27/h2-3,5,7-11,15,21H,4,6,12-14,16-17H2,1H3/t21-/m1/s1. The quantitative estimate of drug-likeness (QED) is 0.606. The number of carbonyl (C=O) groups is 1. The molecule has 6 heteroatoms. The molecule has 1 aliphatic heterocycles. The number of carbonyl (C=O) groups excluding carboxylic acids is 1. The maximum absolute atomic E-state index is 13.1. The lowest BCUT2D eigenvalue weighted by Gasteiger charge is -2.26. The summed E-state index contributed by atoms with van der Waals surface area (Å²) in [7, 11) is 0. The van der Waals surface area contributed by atoms with Crippen LogP contribution in [0.5, 0.6) is 0 Å². The van der Waals surface area contributed by atoms with Gasteiger partial charge in [-0.2, -0.15) is 5.10 Å². The lowest BCUT2D eigenvalue weighted by atomic mass is 10.1. The predicted octanol–water partition coefficient (Wildman–Crippen LogP) is 2.96. The molecule has 1 saturated heterocycles. The zero-order chi connectivity index (χ0) is 20.9. The molecule has 1 aromatic heterocycles. The van der Waals surface area contributed by atoms with Gasteiger partial charge in [-0.05, 0) is 37.8 Å². The van der Waals surface area contributed by atoms with Crippen molar-refractivity contribution in [3.63, 3.8) is 0 Å². The zero-order valence-electron chi connectivity index (χ0n) is 17.3. The van der Waals surface area contributed by atoms with Gasteiger partial charge < -0.3 is 9.64 Å². The Balaban J connectivity index is 1.50. The van der Waals surface area contributed by atoms with Gasteiger partial charge in [0.2, 0.25) is 5.91 Å². The molecule has 0 spiro atoms. The molecule has 1 fully saturated rings. The first-order chi connectivity index (χ1) is 14.6. The topological polar surface area (TPSA) is 64.4 Å². The van der Waals surface area contributed by atoms with E-state index in [0.29, 0.717) is 18.5 Å². The van der Waals surface area contributed by atoms with Gasteiger partial charge in [0.1, 0.15) is 6.54 Å². The summed E-state index contributed by atoms with van der Waals surface area (Å²) in [5.41, 5.74) is 2.16. The van der Waals surface area contributed by atoms with E-state index in [1.165, 1.54) is 15.8 Å². The molecule has 30 heavy (non-hydrogen) atoms. The van der Waals surface area contributed by atoms with E-state index in [1.807, 2.05) is 23.1 Å². The van der Waals surface area contributed by atoms with Crippen LogP contribution >= 0.6 is 0 Å². The summed E-state index contributed by atoms with van der Waals surface area (Å²) < 4.78 is 7.02. The van der Waals surface area contributed by atoms with Gasteiger partial charge in [-0.1, -0.05) is 48.0 Å². The van der Waals surface area contributed by atoms with Crippen molar-refractivity contribution in [3.05, 3.63) is 76.2 Å². The van der Waals surface area contributed by atoms with Crippen LogP contribution in [0.3, 0.4) is 0 Å². The molecule has 1 aliphatic rings. The number of aryl methyl sites for hydroxylation is 1. The van der Waals surface area contributed by atoms with Crippen molar-refractivity contribution in [2.75, 3.05) is 19.7 Å². The minimum atomic E-state index is -0.239. The van der Waals surface area contributed by atoms with Gasteiger partial charge in [0.15, 0.2) is 0 Å². The van der Waals surface area contributed by atoms with Crippen LogP contribution in [0.25, 0.3) is 10.8 Å². The fourth-order valence-corrected chi connectivity index (χ4v) is 3.84. The number of aromatic nitrogens is 2. The number of benzene rings is 2. The fraction of sp³-hybridized carbons (Fsp3) is 0.375. The Bertz CT molecular complexity index is 1070. The van der Waals surface area contributed by atoms with E-state index in [9.17, 15) is 9.59 Å². The van der Waals surface area contributed by atoms with Gasteiger partial charge >= 0.3 is 0 Å². The first-order valence-electron chi connectivity index (χ1n) is 10.5. The van der Waals surface area contributed by atoms with Crippen molar-refractivity contribution < 1.29 is 9.53 Å². The lowest BCUT2D eigenvalue weighted by Crippen LogP contribution is -2.42. The Morgan fingerprint density at radius 2 is 2.00 bits per heavy atom. The van der Waals surface area contributed by atoms with E-state index in [-0.39, 0.29) is 24.1 Å². The van der Waals surface area contributed by atoms with Gasteiger partial charge in [0, 0.05) is 25.1 Å². The average Bonchev–Trinajstić information content (AvgIpc) is 3.27. The molecule has 1 amide bonds. The predicted molar refractivity (Wildman–Crippen MR) is 116 cm³/mol. The highest BCUT2D eigenvalue weighted by atomic mass is 16.5. The monoisotopic (exact) mass is 405 g/mol. The summed E-state index contributed by atoms with van der Waals surface area (Å²) >= 11 is 0. The van der Waals surface area contributed by atoms with Crippen LogP contribution in [0.1, 0.15) is 24.0 Å². The van der Waals surface area contributed by atoms with Crippen molar-refractivity contribution in [1.82, 2.24) is 14.7 Å². The Kier molecular flexibility index (Phi) is 6.23. The summed E-state index contributed by atoms with van der Waals surface area (Å²) in [6, 6.07) is 15.7. The van der Waals surface area contributed by atoms with Crippen LogP contribution in [-0.2, 0) is 22.5 Å². The summed E-state index contributed by atoms with van der Waals surface area (Å²) in [5.74, 6) is -0.109. The van der Waals surface area contributed by atoms with Gasteiger partial charge in [0.25, 0.3) is 5.56 Å². The molecule has 6 nitrogen and oxygen atoms in total. The molecule has 1 atom stereocenters. The third kappa shape index (κ3) is 4.76. The van der Waals surface area contributed by atoms with Crippen molar-refractivity contribution in [1.29, 1.82) is 0 Å². The Labute approximate surface area is 176 Å². The smallest absolute Gasteiger partial charge is 0.275 e. The van der Waals surface area contributed by atoms with E-state index in [4.69, 9.17) is 4.74 Å². The maximum Gasteiger partial charge on any atom is 0.275 e. The number of fused-ring (bicyclic) bond motifs is 1. The molecular weight excluding hydrogens is 378 g/mol. The number of hydrogen-bond donors (Lipinski definition) is 0. The van der Waals surface area contributed by atoms with Gasteiger partial charge in [-0.3, -0.25) is 9.59 Å². The normalized spacial score (nSPS) is 16.1. The molecule has 0 unspecified atom stereocenters. The van der Waals surface area contributed by atoms with Crippen LogP contribution < -0.4 is 5.56 Å². The van der Waals surface area contributed by atoms with Gasteiger partial charge in [-0.25, -0.2) is 4.68 Å². The minimum absolute atomic E-state index is 0.0632. The minimum Gasteiger partial charge on any atom is -0.376 e. The zero-order valence-corrected chi connectivity index (χ0v) is 17.3. The number of ether oxygens (including phenoxy) is 1. The van der Waals surface area contributed by atoms with Crippen LogP contribution in [-0.4, -0.2) is 46.4 Å². The second-order valence-electron chi connectivity index (χ2n) is 7.91. The number of nitrogens with zero attached hydrogens (tertiary/aromatic N) is 3. The first kappa shape index (κ1) is 20.3. The van der Waals surface area contributed by atoms with E-state index in [1.54, 1.807) is 12.3 Å². The van der Waals surface area contributed by atoms with Crippen molar-refractivity contribution in [3.8, 4) is 0 Å². The summed E-state index contributed by atoms with van der Waals surface area (Å²) in [6.07, 6.45) is 4.45. The van der Waals surface area contributed by atoms with Crippen molar-refractivity contribution in [2.45, 2.75) is 38.8 Å². The lowest BCUT2D eigenvalue weighted by molar-refractivity contribution is -0.133. The molecule has 4 rings (SSSR count). The SMILES string of the molecule is Cc1ccc(CCN(C[C@H]2CCCO2)C(=O)Cn2ncc3ccccc3c2=O)cc1. The van der Waals surface area contributed by atoms with Crippen molar-refractivity contribution >= 4 is 16.7 Å². The third-order valence-corrected chi connectivity index (χ3v) is 5.64. The van der Waals surface area contributed by atoms with Gasteiger partial charge in [-0.15, -0.1) is 0 Å². The molecule has 3 aromatic rings. The molecular formula is C24H27N3O3. The van der Waals surface area contributed by atoms with E-state index < -0.39 is 0 Å². The number of amides is 1. The Morgan fingerprint density at radius 3 is 2.77 bits per heavy atom. The van der Waals surface area contributed by atoms with E-state index >= 15 is 0 Å². The highest BCUT2D eigenvalue weighted by molar-refractivity contribution is 5.81. The molecule has 0 N–H and O–H groups in total. The fourth-order valence-electron chi connectivity index (χ4n) is 3.84. The van der Waals surface area contributed by atoms with Gasteiger partial charge in [0.05, 0.1) is 17.7 Å². The van der Waals surface area contributed by atoms with Crippen LogP contribution in [0, 0.1) is 6.92 Å². The molecule has 156 valence electrons. The van der Waals surface area contributed by atoms with Crippen LogP contribution in [0.15, 0.2) is 59.5 Å². The van der Waals surface area contributed by atoms with E-state index in [0.717, 1.165) is 31.3 Å². The molecule has 0 aliphatic carbocycles. The molecule has 0 saturated carbocycles. The maximum atomic E-state index is 13.1. The van der Waals surface area contributed by atoms with Crippen molar-refractivity contribution in [2.24, 2.45) is 0 Å². The molecule has 0 radical (unpaired) electrons. The summed E-state index contributed by atoms with van der Waals surface area (Å²) in [6.45, 7) is 3.88. The average molecular weight is 405 g/mol. The van der Waals surface area contributed by atoms with Crippen LogP contribution in [0.2, 0.25) is 0 Å². The molecule has 2 aromatic carbocycles. The van der Waals surface area contributed by atoms with E-state index in [2.05, 4.69) is 36.3 Å². The van der Waals surface area contributed by atoms with Crippen LogP contribution in [0.4, 0.5) is 0 Å². The highest BCUT2D eigenvalue weighted by Crippen LogP contribution is 2.15. The second kappa shape index (κ2) is 9.22. The molecule has 2 heterocycles. The molecule has 0 bridgehead atoms. The Morgan fingerprint density at radius 1 is 1.20 bits per heavy atom. The first-order valence-corrected chi connectivity index (χ1v) is 10.5. The second-order valence-corrected chi connectivity index (χ2v) is 7.91. The summed E-state index contributed by atoms with van der Waals surface area (Å²) in [5, 5.41) is 5.57. The largest absolute Gasteiger partial charge is 0.376 e. The number of hydrogen-bond acceptors (Lipinski definition) is 4. The Hall–Kier alpha value is -2.99. The number of rotatable bonds is 7. The highest BCUT2D eigenvalue weighted by Gasteiger charge is 2.23. The third-order valence-electron chi connectivity index (χ3n) is 5.64. The summed E-state index contributed by atoms with van der Waals surface area (Å²) in [4.78, 5) is 27.7.